The molecule has 0 heterocycles. The van der Waals surface area contributed by atoms with Crippen LogP contribution >= 0.6 is 12.2 Å². The first-order valence-corrected chi connectivity index (χ1v) is 6.08. The Hall–Kier alpha value is -1.62. The number of nitrogens with one attached hydrogen (secondary N) is 1. The first kappa shape index (κ1) is 14.4. The summed E-state index contributed by atoms with van der Waals surface area (Å²) in [6, 6.07) is 5.61. The van der Waals surface area contributed by atoms with Crippen molar-refractivity contribution < 1.29 is 9.53 Å². The molecule has 0 spiro atoms. The van der Waals surface area contributed by atoms with Crippen LogP contribution in [0.4, 0.5) is 5.69 Å². The Balaban J connectivity index is 2.80. The highest BCUT2D eigenvalue weighted by molar-refractivity contribution is 7.80. The van der Waals surface area contributed by atoms with Gasteiger partial charge in [-0.3, -0.25) is 4.79 Å². The number of methoxy groups -OCH3 is 1. The standard InChI is InChI=1S/C13H18N2O2S/c1-8-4-5-11(17-3)10(6-8)15-13(16)9(2)7-12(14)18/h4-6,9H,7H2,1-3H3,(H2,14,18)(H,15,16). The van der Waals surface area contributed by atoms with E-state index in [0.29, 0.717) is 22.8 Å². The van der Waals surface area contributed by atoms with Gasteiger partial charge < -0.3 is 15.8 Å². The molecule has 98 valence electrons. The average molecular weight is 266 g/mol. The monoisotopic (exact) mass is 266 g/mol. The molecule has 0 fully saturated rings. The van der Waals surface area contributed by atoms with Crippen molar-refractivity contribution in [1.29, 1.82) is 0 Å². The highest BCUT2D eigenvalue weighted by atomic mass is 32.1. The SMILES string of the molecule is COc1ccc(C)cc1NC(=O)C(C)CC(N)=S. The third-order valence-electron chi connectivity index (χ3n) is 2.57. The molecule has 5 heteroatoms. The van der Waals surface area contributed by atoms with E-state index in [9.17, 15) is 4.79 Å². The van der Waals surface area contributed by atoms with Gasteiger partial charge in [-0.1, -0.05) is 25.2 Å². The summed E-state index contributed by atoms with van der Waals surface area (Å²) in [5.74, 6) is 0.260. The number of anilines is 1. The minimum Gasteiger partial charge on any atom is -0.495 e. The molecule has 1 amide bonds. The third kappa shape index (κ3) is 4.00. The fourth-order valence-corrected chi connectivity index (χ4v) is 1.82. The molecule has 0 aromatic heterocycles. The number of hydrogen-bond acceptors (Lipinski definition) is 3. The molecule has 4 nitrogen and oxygen atoms in total. The predicted molar refractivity (Wildman–Crippen MR) is 76.9 cm³/mol. The summed E-state index contributed by atoms with van der Waals surface area (Å²) in [5.41, 5.74) is 7.14. The van der Waals surface area contributed by atoms with Crippen LogP contribution in [0, 0.1) is 12.8 Å². The van der Waals surface area contributed by atoms with Crippen LogP contribution in [0.2, 0.25) is 0 Å². The lowest BCUT2D eigenvalue weighted by molar-refractivity contribution is -0.119. The van der Waals surface area contributed by atoms with Crippen molar-refractivity contribution in [3.63, 3.8) is 0 Å². The van der Waals surface area contributed by atoms with E-state index in [1.165, 1.54) is 0 Å². The predicted octanol–water partition coefficient (Wildman–Crippen LogP) is 2.25. The maximum absolute atomic E-state index is 11.9. The molecule has 3 N–H and O–H groups in total. The number of benzene rings is 1. The summed E-state index contributed by atoms with van der Waals surface area (Å²) >= 11 is 4.80. The van der Waals surface area contributed by atoms with Crippen molar-refractivity contribution >= 4 is 28.8 Å². The number of carbonyl (C=O) groups is 1. The van der Waals surface area contributed by atoms with Crippen molar-refractivity contribution in [3.8, 4) is 5.75 Å². The summed E-state index contributed by atoms with van der Waals surface area (Å²) in [4.78, 5) is 12.3. The second kappa shape index (κ2) is 6.35. The summed E-state index contributed by atoms with van der Waals surface area (Å²) in [6.45, 7) is 3.74. The van der Waals surface area contributed by atoms with E-state index in [1.807, 2.05) is 25.1 Å². The van der Waals surface area contributed by atoms with Gasteiger partial charge in [-0.05, 0) is 24.6 Å². The van der Waals surface area contributed by atoms with Gasteiger partial charge in [0.2, 0.25) is 5.91 Å². The van der Waals surface area contributed by atoms with Crippen LogP contribution in [0.25, 0.3) is 0 Å². The zero-order chi connectivity index (χ0) is 13.7. The van der Waals surface area contributed by atoms with Crippen LogP contribution in [0.3, 0.4) is 0 Å². The lowest BCUT2D eigenvalue weighted by atomic mass is 10.1. The lowest BCUT2D eigenvalue weighted by Crippen LogP contribution is -2.25. The quantitative estimate of drug-likeness (QED) is 0.802. The molecule has 0 aliphatic rings. The van der Waals surface area contributed by atoms with E-state index >= 15 is 0 Å². The van der Waals surface area contributed by atoms with Crippen LogP contribution in [-0.4, -0.2) is 18.0 Å². The number of hydrogen-bond donors (Lipinski definition) is 2. The lowest BCUT2D eigenvalue weighted by Gasteiger charge is -2.14. The van der Waals surface area contributed by atoms with Gasteiger partial charge in [0.05, 0.1) is 17.8 Å². The highest BCUT2D eigenvalue weighted by Gasteiger charge is 2.15. The number of carbonyl (C=O) groups excluding carboxylic acids is 1. The first-order chi connectivity index (χ1) is 8.43. The van der Waals surface area contributed by atoms with Crippen molar-refractivity contribution in [2.24, 2.45) is 11.7 Å². The maximum atomic E-state index is 11.9. The zero-order valence-electron chi connectivity index (χ0n) is 10.8. The van der Waals surface area contributed by atoms with Crippen molar-refractivity contribution in [3.05, 3.63) is 23.8 Å². The molecule has 1 atom stereocenters. The molecular formula is C13H18N2O2S. The van der Waals surface area contributed by atoms with Gasteiger partial charge in [0.1, 0.15) is 5.75 Å². The van der Waals surface area contributed by atoms with E-state index in [2.05, 4.69) is 5.32 Å². The summed E-state index contributed by atoms with van der Waals surface area (Å²) in [6.07, 6.45) is 0.398. The Kier molecular flexibility index (Phi) is 5.09. The normalized spacial score (nSPS) is 11.7. The molecule has 0 saturated heterocycles. The molecule has 0 aliphatic carbocycles. The molecule has 1 aromatic rings. The number of ether oxygens (including phenoxy) is 1. The molecule has 1 unspecified atom stereocenters. The van der Waals surface area contributed by atoms with E-state index in [4.69, 9.17) is 22.7 Å². The number of thiocarbonyl (C=S) groups is 1. The van der Waals surface area contributed by atoms with Crippen LogP contribution in [0.15, 0.2) is 18.2 Å². The fraction of sp³-hybridized carbons (Fsp3) is 0.385. The van der Waals surface area contributed by atoms with Crippen LogP contribution in [0.5, 0.6) is 5.75 Å². The first-order valence-electron chi connectivity index (χ1n) is 5.68. The van der Waals surface area contributed by atoms with Gasteiger partial charge in [0.15, 0.2) is 0 Å². The Morgan fingerprint density at radius 3 is 2.78 bits per heavy atom. The molecular weight excluding hydrogens is 248 g/mol. The van der Waals surface area contributed by atoms with Crippen molar-refractivity contribution in [1.82, 2.24) is 0 Å². The second-order valence-corrected chi connectivity index (χ2v) is 4.79. The number of amides is 1. The second-order valence-electron chi connectivity index (χ2n) is 4.26. The molecule has 0 aliphatic heterocycles. The zero-order valence-corrected chi connectivity index (χ0v) is 11.6. The van der Waals surface area contributed by atoms with E-state index in [1.54, 1.807) is 14.0 Å². The molecule has 1 rings (SSSR count). The van der Waals surface area contributed by atoms with Gasteiger partial charge >= 0.3 is 0 Å². The topological polar surface area (TPSA) is 64.3 Å². The minimum atomic E-state index is -0.257. The van der Waals surface area contributed by atoms with Crippen molar-refractivity contribution in [2.45, 2.75) is 20.3 Å². The fourth-order valence-electron chi connectivity index (χ4n) is 1.57. The number of aryl methyl sites for hydroxylation is 1. The van der Waals surface area contributed by atoms with Crippen LogP contribution in [-0.2, 0) is 4.79 Å². The van der Waals surface area contributed by atoms with Gasteiger partial charge in [0, 0.05) is 12.3 Å². The van der Waals surface area contributed by atoms with Crippen LogP contribution < -0.4 is 15.8 Å². The Morgan fingerprint density at radius 2 is 2.22 bits per heavy atom. The maximum Gasteiger partial charge on any atom is 0.227 e. The Labute approximate surface area is 113 Å². The van der Waals surface area contributed by atoms with Gasteiger partial charge in [-0.2, -0.15) is 0 Å². The van der Waals surface area contributed by atoms with Gasteiger partial charge in [-0.15, -0.1) is 0 Å². The van der Waals surface area contributed by atoms with Crippen molar-refractivity contribution in [2.75, 3.05) is 12.4 Å². The largest absolute Gasteiger partial charge is 0.495 e. The number of nitrogens with two attached hydrogens (primary N) is 1. The summed E-state index contributed by atoms with van der Waals surface area (Å²) in [5, 5.41) is 2.83. The van der Waals surface area contributed by atoms with E-state index in [-0.39, 0.29) is 11.8 Å². The summed E-state index contributed by atoms with van der Waals surface area (Å²) < 4.78 is 5.20. The average Bonchev–Trinajstić information content (AvgIpc) is 2.28. The molecule has 1 aromatic carbocycles. The van der Waals surface area contributed by atoms with E-state index in [0.717, 1.165) is 5.56 Å². The van der Waals surface area contributed by atoms with Gasteiger partial charge in [-0.25, -0.2) is 0 Å². The third-order valence-corrected chi connectivity index (χ3v) is 2.73. The Morgan fingerprint density at radius 1 is 1.56 bits per heavy atom. The molecule has 18 heavy (non-hydrogen) atoms. The highest BCUT2D eigenvalue weighted by Crippen LogP contribution is 2.25. The molecule has 0 radical (unpaired) electrons. The number of rotatable bonds is 5. The van der Waals surface area contributed by atoms with Crippen LogP contribution in [0.1, 0.15) is 18.9 Å². The molecule has 0 saturated carbocycles. The smallest absolute Gasteiger partial charge is 0.227 e. The Bertz CT molecular complexity index is 460. The molecule has 0 bridgehead atoms. The minimum absolute atomic E-state index is 0.119. The summed E-state index contributed by atoms with van der Waals surface area (Å²) in [7, 11) is 1.57. The van der Waals surface area contributed by atoms with E-state index < -0.39 is 0 Å². The van der Waals surface area contributed by atoms with Gasteiger partial charge in [0.25, 0.3) is 0 Å².